The molecule has 0 aliphatic rings. The SMILES string of the molecule is c1ccc(-c2ccc(-c3ccc(N(c4ccccc4)c4ccc(-c5cc(-c6ccccc6)c6ccccc6c5)cc4)cc3)cc2)cc1. The number of hydrogen-bond acceptors (Lipinski definition) is 1. The van der Waals surface area contributed by atoms with Crippen molar-refractivity contribution in [2.45, 2.75) is 0 Å². The van der Waals surface area contributed by atoms with Gasteiger partial charge in [0, 0.05) is 17.1 Å². The monoisotopic (exact) mass is 599 g/mol. The Labute approximate surface area is 276 Å². The number of nitrogens with zero attached hydrogens (tertiary/aromatic N) is 1. The fraction of sp³-hybridized carbons (Fsp3) is 0. The standard InChI is InChI=1S/C46H33N/c1-4-12-34(13-5-1)35-20-22-36(23-21-35)37-24-28-43(29-25-37)47(42-17-8-3-9-18-42)44-30-26-38(27-31-44)41-32-40-16-10-11-19-45(40)46(33-41)39-14-6-2-7-15-39/h1-33H. The Morgan fingerprint density at radius 2 is 0.638 bits per heavy atom. The second-order valence-electron chi connectivity index (χ2n) is 11.8. The molecule has 0 fully saturated rings. The molecule has 222 valence electrons. The lowest BCUT2D eigenvalue weighted by molar-refractivity contribution is 1.28. The van der Waals surface area contributed by atoms with E-state index in [1.54, 1.807) is 0 Å². The van der Waals surface area contributed by atoms with Crippen LogP contribution in [0.2, 0.25) is 0 Å². The minimum absolute atomic E-state index is 1.11. The van der Waals surface area contributed by atoms with Crippen molar-refractivity contribution >= 4 is 27.8 Å². The first-order chi connectivity index (χ1) is 23.3. The zero-order chi connectivity index (χ0) is 31.4. The van der Waals surface area contributed by atoms with Gasteiger partial charge in [-0.05, 0) is 104 Å². The van der Waals surface area contributed by atoms with Gasteiger partial charge in [-0.25, -0.2) is 0 Å². The first-order valence-electron chi connectivity index (χ1n) is 16.1. The summed E-state index contributed by atoms with van der Waals surface area (Å²) in [6.45, 7) is 0. The van der Waals surface area contributed by atoms with E-state index in [9.17, 15) is 0 Å². The third-order valence-corrected chi connectivity index (χ3v) is 8.87. The van der Waals surface area contributed by atoms with Crippen LogP contribution in [0.1, 0.15) is 0 Å². The maximum atomic E-state index is 2.33. The molecule has 0 unspecified atom stereocenters. The van der Waals surface area contributed by atoms with Crippen molar-refractivity contribution in [3.8, 4) is 44.5 Å². The van der Waals surface area contributed by atoms with Crippen molar-refractivity contribution in [3.63, 3.8) is 0 Å². The van der Waals surface area contributed by atoms with Crippen LogP contribution in [0.3, 0.4) is 0 Å². The number of para-hydroxylation sites is 1. The summed E-state index contributed by atoms with van der Waals surface area (Å²) in [4.78, 5) is 2.32. The van der Waals surface area contributed by atoms with E-state index < -0.39 is 0 Å². The van der Waals surface area contributed by atoms with Crippen molar-refractivity contribution in [2.75, 3.05) is 4.90 Å². The zero-order valence-corrected chi connectivity index (χ0v) is 26.0. The smallest absolute Gasteiger partial charge is 0.0462 e. The molecule has 8 aromatic rings. The summed E-state index contributed by atoms with van der Waals surface area (Å²) in [6.07, 6.45) is 0. The lowest BCUT2D eigenvalue weighted by Gasteiger charge is -2.26. The van der Waals surface area contributed by atoms with Gasteiger partial charge in [0.15, 0.2) is 0 Å². The third-order valence-electron chi connectivity index (χ3n) is 8.87. The third kappa shape index (κ3) is 5.83. The molecule has 0 atom stereocenters. The van der Waals surface area contributed by atoms with Crippen LogP contribution < -0.4 is 4.90 Å². The average Bonchev–Trinajstić information content (AvgIpc) is 3.16. The molecule has 0 heterocycles. The average molecular weight is 600 g/mol. The van der Waals surface area contributed by atoms with Gasteiger partial charge in [-0.15, -0.1) is 0 Å². The van der Waals surface area contributed by atoms with E-state index in [-0.39, 0.29) is 0 Å². The van der Waals surface area contributed by atoms with E-state index in [1.807, 2.05) is 0 Å². The lowest BCUT2D eigenvalue weighted by Crippen LogP contribution is -2.09. The highest BCUT2D eigenvalue weighted by Gasteiger charge is 2.14. The van der Waals surface area contributed by atoms with E-state index in [4.69, 9.17) is 0 Å². The molecule has 8 rings (SSSR count). The van der Waals surface area contributed by atoms with Crippen molar-refractivity contribution in [2.24, 2.45) is 0 Å². The van der Waals surface area contributed by atoms with Gasteiger partial charge < -0.3 is 4.90 Å². The highest BCUT2D eigenvalue weighted by molar-refractivity contribution is 6.00. The summed E-state index contributed by atoms with van der Waals surface area (Å²) >= 11 is 0. The molecule has 1 heteroatoms. The van der Waals surface area contributed by atoms with Crippen LogP contribution in [0, 0.1) is 0 Å². The van der Waals surface area contributed by atoms with E-state index in [0.29, 0.717) is 0 Å². The van der Waals surface area contributed by atoms with Crippen molar-refractivity contribution in [1.29, 1.82) is 0 Å². The summed E-state index contributed by atoms with van der Waals surface area (Å²) in [5.41, 5.74) is 13.1. The topological polar surface area (TPSA) is 3.24 Å². The number of anilines is 3. The molecule has 8 aromatic carbocycles. The van der Waals surface area contributed by atoms with Gasteiger partial charge in [0.2, 0.25) is 0 Å². The van der Waals surface area contributed by atoms with Crippen LogP contribution in [0.4, 0.5) is 17.1 Å². The van der Waals surface area contributed by atoms with E-state index in [2.05, 4.69) is 205 Å². The second-order valence-corrected chi connectivity index (χ2v) is 11.8. The number of fused-ring (bicyclic) bond motifs is 1. The fourth-order valence-electron chi connectivity index (χ4n) is 6.45. The molecule has 0 N–H and O–H groups in total. The highest BCUT2D eigenvalue weighted by atomic mass is 15.1. The van der Waals surface area contributed by atoms with Crippen molar-refractivity contribution in [3.05, 3.63) is 200 Å². The van der Waals surface area contributed by atoms with E-state index >= 15 is 0 Å². The molecule has 0 spiro atoms. The summed E-state index contributed by atoms with van der Waals surface area (Å²) in [7, 11) is 0. The molecule has 47 heavy (non-hydrogen) atoms. The molecular formula is C46H33N. The van der Waals surface area contributed by atoms with Crippen molar-refractivity contribution < 1.29 is 0 Å². The number of hydrogen-bond donors (Lipinski definition) is 0. The van der Waals surface area contributed by atoms with Gasteiger partial charge in [-0.3, -0.25) is 0 Å². The van der Waals surface area contributed by atoms with Crippen molar-refractivity contribution in [1.82, 2.24) is 0 Å². The van der Waals surface area contributed by atoms with Crippen LogP contribution in [-0.2, 0) is 0 Å². The Balaban J connectivity index is 1.12. The van der Waals surface area contributed by atoms with Crippen LogP contribution in [0.15, 0.2) is 200 Å². The number of rotatable bonds is 7. The molecule has 0 radical (unpaired) electrons. The minimum Gasteiger partial charge on any atom is -0.311 e. The molecule has 0 aliphatic carbocycles. The maximum Gasteiger partial charge on any atom is 0.0462 e. The van der Waals surface area contributed by atoms with Gasteiger partial charge in [-0.2, -0.15) is 0 Å². The quantitative estimate of drug-likeness (QED) is 0.176. The second kappa shape index (κ2) is 12.7. The summed E-state index contributed by atoms with van der Waals surface area (Å²) in [5, 5.41) is 2.51. The predicted octanol–water partition coefficient (Wildman–Crippen LogP) is 13.0. The molecule has 0 bridgehead atoms. The van der Waals surface area contributed by atoms with Gasteiger partial charge in [0.05, 0.1) is 0 Å². The van der Waals surface area contributed by atoms with Crippen LogP contribution in [0.5, 0.6) is 0 Å². The Bertz CT molecular complexity index is 2240. The highest BCUT2D eigenvalue weighted by Crippen LogP contribution is 2.38. The Kier molecular flexibility index (Phi) is 7.63. The lowest BCUT2D eigenvalue weighted by atomic mass is 9.93. The molecule has 0 saturated carbocycles. The van der Waals surface area contributed by atoms with Gasteiger partial charge in [-0.1, -0.05) is 152 Å². The largest absolute Gasteiger partial charge is 0.311 e. The molecule has 0 aromatic heterocycles. The summed E-state index contributed by atoms with van der Waals surface area (Å²) in [5.74, 6) is 0. The maximum absolute atomic E-state index is 2.33. The molecule has 0 aliphatic heterocycles. The van der Waals surface area contributed by atoms with Gasteiger partial charge in [0.1, 0.15) is 0 Å². The molecule has 0 saturated heterocycles. The van der Waals surface area contributed by atoms with Gasteiger partial charge >= 0.3 is 0 Å². The van der Waals surface area contributed by atoms with Crippen LogP contribution >= 0.6 is 0 Å². The van der Waals surface area contributed by atoms with E-state index in [0.717, 1.165) is 17.1 Å². The normalized spacial score (nSPS) is 11.0. The molecule has 1 nitrogen and oxygen atoms in total. The Morgan fingerprint density at radius 1 is 0.255 bits per heavy atom. The van der Waals surface area contributed by atoms with Crippen LogP contribution in [-0.4, -0.2) is 0 Å². The Morgan fingerprint density at radius 3 is 1.19 bits per heavy atom. The summed E-state index contributed by atoms with van der Waals surface area (Å²) in [6, 6.07) is 71.7. The van der Waals surface area contributed by atoms with Gasteiger partial charge in [0.25, 0.3) is 0 Å². The minimum atomic E-state index is 1.11. The fourth-order valence-corrected chi connectivity index (χ4v) is 6.45. The first kappa shape index (κ1) is 28.3. The summed E-state index contributed by atoms with van der Waals surface area (Å²) < 4.78 is 0. The van der Waals surface area contributed by atoms with Crippen LogP contribution in [0.25, 0.3) is 55.3 Å². The predicted molar refractivity (Wildman–Crippen MR) is 200 cm³/mol. The number of benzene rings is 8. The Hall–Kier alpha value is -6.18. The molecular weight excluding hydrogens is 567 g/mol. The first-order valence-corrected chi connectivity index (χ1v) is 16.1. The molecule has 0 amide bonds. The van der Waals surface area contributed by atoms with E-state index in [1.165, 1.54) is 55.3 Å². The zero-order valence-electron chi connectivity index (χ0n) is 26.0.